The third-order valence-electron chi connectivity index (χ3n) is 5.33. The molecule has 0 aromatic heterocycles. The van der Waals surface area contributed by atoms with Gasteiger partial charge in [0.25, 0.3) is 5.91 Å². The number of rotatable bonds is 4. The zero-order valence-electron chi connectivity index (χ0n) is 18.0. The lowest BCUT2D eigenvalue weighted by molar-refractivity contribution is -0.123. The third-order valence-corrected chi connectivity index (χ3v) is 5.33. The molecule has 0 saturated heterocycles. The number of aliphatic hydroxyl groups is 1. The molecule has 3 rings (SSSR count). The molecule has 0 spiro atoms. The smallest absolute Gasteiger partial charge is 0.294 e. The van der Waals surface area contributed by atoms with Gasteiger partial charge in [-0.25, -0.2) is 0 Å². The van der Waals surface area contributed by atoms with Crippen LogP contribution in [-0.2, 0) is 9.59 Å². The van der Waals surface area contributed by atoms with E-state index in [9.17, 15) is 14.7 Å². The van der Waals surface area contributed by atoms with Gasteiger partial charge in [0.15, 0.2) is 11.5 Å². The van der Waals surface area contributed by atoms with Crippen molar-refractivity contribution in [1.82, 2.24) is 0 Å². The molecule has 152 valence electrons. The molecule has 1 aliphatic rings. The van der Waals surface area contributed by atoms with Gasteiger partial charge in [0.05, 0.1) is 11.6 Å². The number of hydrogen-bond donors (Lipinski definition) is 1. The standard InChI is InChI=1S/C25H29NO3/c1-15(2)17-10-12-19(13-11-17)26-21(18-9-7-8-16(3)14-18)20(22(27)24(26)29)23(28)25(4,5)6/h7-15,21,27H,1-6H3. The Morgan fingerprint density at radius 1 is 1.07 bits per heavy atom. The summed E-state index contributed by atoms with van der Waals surface area (Å²) in [7, 11) is 0. The summed E-state index contributed by atoms with van der Waals surface area (Å²) in [4.78, 5) is 27.9. The largest absolute Gasteiger partial charge is 0.503 e. The fraction of sp³-hybridized carbons (Fsp3) is 0.360. The normalized spacial score (nSPS) is 17.4. The van der Waals surface area contributed by atoms with Crippen LogP contribution in [0, 0.1) is 12.3 Å². The quantitative estimate of drug-likeness (QED) is 0.734. The first-order chi connectivity index (χ1) is 13.5. The first-order valence-corrected chi connectivity index (χ1v) is 10.0. The number of amides is 1. The molecule has 1 unspecified atom stereocenters. The molecule has 1 aliphatic heterocycles. The highest BCUT2D eigenvalue weighted by molar-refractivity contribution is 6.17. The highest BCUT2D eigenvalue weighted by Crippen LogP contribution is 2.43. The van der Waals surface area contributed by atoms with Gasteiger partial charge in [-0.3, -0.25) is 14.5 Å². The van der Waals surface area contributed by atoms with Crippen molar-refractivity contribution < 1.29 is 14.7 Å². The van der Waals surface area contributed by atoms with E-state index >= 15 is 0 Å². The van der Waals surface area contributed by atoms with Crippen LogP contribution in [0.3, 0.4) is 0 Å². The molecule has 2 aromatic carbocycles. The molecule has 0 radical (unpaired) electrons. The summed E-state index contributed by atoms with van der Waals surface area (Å²) in [6.07, 6.45) is 0. The number of nitrogens with zero attached hydrogens (tertiary/aromatic N) is 1. The van der Waals surface area contributed by atoms with Crippen molar-refractivity contribution in [3.05, 3.63) is 76.6 Å². The number of hydrogen-bond acceptors (Lipinski definition) is 3. The number of aryl methyl sites for hydroxylation is 1. The third kappa shape index (κ3) is 3.84. The summed E-state index contributed by atoms with van der Waals surface area (Å²) in [5, 5.41) is 10.7. The zero-order chi connectivity index (χ0) is 21.5. The van der Waals surface area contributed by atoms with Gasteiger partial charge in [0, 0.05) is 11.1 Å². The Balaban J connectivity index is 2.17. The minimum absolute atomic E-state index is 0.168. The number of aliphatic hydroxyl groups excluding tert-OH is 1. The molecule has 1 atom stereocenters. The van der Waals surface area contributed by atoms with Gasteiger partial charge >= 0.3 is 0 Å². The van der Waals surface area contributed by atoms with Crippen LogP contribution in [0.2, 0.25) is 0 Å². The van der Waals surface area contributed by atoms with Crippen molar-refractivity contribution in [3.8, 4) is 0 Å². The molecule has 1 N–H and O–H groups in total. The van der Waals surface area contributed by atoms with Crippen LogP contribution in [0.5, 0.6) is 0 Å². The van der Waals surface area contributed by atoms with Gasteiger partial charge in [-0.2, -0.15) is 0 Å². The van der Waals surface area contributed by atoms with E-state index in [1.807, 2.05) is 55.5 Å². The number of ketones is 1. The number of anilines is 1. The minimum atomic E-state index is -0.719. The van der Waals surface area contributed by atoms with Crippen LogP contribution >= 0.6 is 0 Å². The van der Waals surface area contributed by atoms with Gasteiger partial charge in [-0.1, -0.05) is 76.6 Å². The average Bonchev–Trinajstić information content (AvgIpc) is 2.91. The van der Waals surface area contributed by atoms with Crippen LogP contribution in [0.15, 0.2) is 59.9 Å². The Labute approximate surface area is 172 Å². The summed E-state index contributed by atoms with van der Waals surface area (Å²) >= 11 is 0. The molecule has 0 aliphatic carbocycles. The van der Waals surface area contributed by atoms with E-state index in [4.69, 9.17) is 0 Å². The fourth-order valence-electron chi connectivity index (χ4n) is 3.68. The molecule has 0 fully saturated rings. The van der Waals surface area contributed by atoms with Crippen molar-refractivity contribution in [2.75, 3.05) is 4.90 Å². The summed E-state index contributed by atoms with van der Waals surface area (Å²) in [5.74, 6) is -0.850. The summed E-state index contributed by atoms with van der Waals surface area (Å²) < 4.78 is 0. The van der Waals surface area contributed by atoms with Crippen LogP contribution in [-0.4, -0.2) is 16.8 Å². The molecular formula is C25H29NO3. The van der Waals surface area contributed by atoms with E-state index in [0.29, 0.717) is 11.6 Å². The van der Waals surface area contributed by atoms with Gasteiger partial charge in [0.1, 0.15) is 0 Å². The maximum absolute atomic E-state index is 13.2. The topological polar surface area (TPSA) is 57.6 Å². The second-order valence-corrected chi connectivity index (χ2v) is 9.08. The molecule has 1 amide bonds. The van der Waals surface area contributed by atoms with Crippen LogP contribution in [0.1, 0.15) is 63.3 Å². The van der Waals surface area contributed by atoms with E-state index in [1.54, 1.807) is 20.8 Å². The van der Waals surface area contributed by atoms with E-state index in [-0.39, 0.29) is 11.4 Å². The molecule has 0 saturated carbocycles. The molecule has 1 heterocycles. The van der Waals surface area contributed by atoms with Crippen LogP contribution < -0.4 is 4.90 Å². The Morgan fingerprint density at radius 3 is 2.21 bits per heavy atom. The molecule has 0 bridgehead atoms. The van der Waals surface area contributed by atoms with Crippen molar-refractivity contribution in [2.45, 2.75) is 53.5 Å². The predicted molar refractivity (Wildman–Crippen MR) is 116 cm³/mol. The Bertz CT molecular complexity index is 978. The predicted octanol–water partition coefficient (Wildman–Crippen LogP) is 5.63. The number of Topliss-reactive ketones (excluding diaryl/α,β-unsaturated/α-hetero) is 1. The van der Waals surface area contributed by atoms with Gasteiger partial charge in [-0.05, 0) is 36.1 Å². The number of benzene rings is 2. The first-order valence-electron chi connectivity index (χ1n) is 10.0. The minimum Gasteiger partial charge on any atom is -0.503 e. The lowest BCUT2D eigenvalue weighted by Gasteiger charge is -2.29. The van der Waals surface area contributed by atoms with Gasteiger partial charge in [-0.15, -0.1) is 0 Å². The van der Waals surface area contributed by atoms with E-state index in [0.717, 1.165) is 16.7 Å². The summed E-state index contributed by atoms with van der Waals surface area (Å²) in [5.41, 5.74) is 3.11. The van der Waals surface area contributed by atoms with E-state index < -0.39 is 23.1 Å². The Hall–Kier alpha value is -2.88. The zero-order valence-corrected chi connectivity index (χ0v) is 18.0. The first kappa shape index (κ1) is 20.8. The van der Waals surface area contributed by atoms with Crippen molar-refractivity contribution in [3.63, 3.8) is 0 Å². The molecular weight excluding hydrogens is 362 g/mol. The average molecular weight is 392 g/mol. The molecule has 4 heteroatoms. The SMILES string of the molecule is Cc1cccc(C2C(C(=O)C(C)(C)C)=C(O)C(=O)N2c2ccc(C(C)C)cc2)c1. The Kier molecular flexibility index (Phi) is 5.40. The fourth-order valence-corrected chi connectivity index (χ4v) is 3.68. The Morgan fingerprint density at radius 2 is 1.69 bits per heavy atom. The van der Waals surface area contributed by atoms with E-state index in [1.165, 1.54) is 4.90 Å². The summed E-state index contributed by atoms with van der Waals surface area (Å²) in [6, 6.07) is 14.8. The maximum atomic E-state index is 13.2. The molecule has 29 heavy (non-hydrogen) atoms. The monoisotopic (exact) mass is 391 g/mol. The summed E-state index contributed by atoms with van der Waals surface area (Å²) in [6.45, 7) is 11.6. The maximum Gasteiger partial charge on any atom is 0.294 e. The van der Waals surface area contributed by atoms with Crippen LogP contribution in [0.4, 0.5) is 5.69 Å². The van der Waals surface area contributed by atoms with Crippen LogP contribution in [0.25, 0.3) is 0 Å². The highest BCUT2D eigenvalue weighted by atomic mass is 16.3. The van der Waals surface area contributed by atoms with Crippen molar-refractivity contribution in [2.24, 2.45) is 5.41 Å². The lowest BCUT2D eigenvalue weighted by atomic mass is 9.82. The van der Waals surface area contributed by atoms with Gasteiger partial charge < -0.3 is 5.11 Å². The van der Waals surface area contributed by atoms with Crippen molar-refractivity contribution >= 4 is 17.4 Å². The molecule has 4 nitrogen and oxygen atoms in total. The second-order valence-electron chi connectivity index (χ2n) is 9.08. The highest BCUT2D eigenvalue weighted by Gasteiger charge is 2.46. The molecule has 2 aromatic rings. The van der Waals surface area contributed by atoms with Crippen molar-refractivity contribution in [1.29, 1.82) is 0 Å². The van der Waals surface area contributed by atoms with E-state index in [2.05, 4.69) is 13.8 Å². The van der Waals surface area contributed by atoms with Gasteiger partial charge in [0.2, 0.25) is 0 Å². The number of carbonyl (C=O) groups excluding carboxylic acids is 2. The number of carbonyl (C=O) groups is 2. The second kappa shape index (κ2) is 7.51. The lowest BCUT2D eigenvalue weighted by Crippen LogP contribution is -2.32.